The Morgan fingerprint density at radius 3 is 2.38 bits per heavy atom. The topological polar surface area (TPSA) is 111 Å². The van der Waals surface area contributed by atoms with Crippen molar-refractivity contribution in [2.45, 2.75) is 31.1 Å². The fourth-order valence-electron chi connectivity index (χ4n) is 5.13. The van der Waals surface area contributed by atoms with Crippen LogP contribution in [0.15, 0.2) is 94.5 Å². The number of hydrogen-bond donors (Lipinski definition) is 1. The first-order valence-corrected chi connectivity index (χ1v) is 16.5. The molecular formula is C34H31FN6O4S2. The van der Waals surface area contributed by atoms with Gasteiger partial charge in [0.1, 0.15) is 17.3 Å². The lowest BCUT2D eigenvalue weighted by atomic mass is 10.00. The predicted octanol–water partition coefficient (Wildman–Crippen LogP) is 6.19. The smallest absolute Gasteiger partial charge is 0.253 e. The first-order valence-electron chi connectivity index (χ1n) is 14.7. The van der Waals surface area contributed by atoms with Crippen LogP contribution in [0.25, 0.3) is 5.69 Å². The molecule has 1 atom stereocenters. The van der Waals surface area contributed by atoms with Crippen LogP contribution in [0, 0.1) is 12.7 Å². The highest BCUT2D eigenvalue weighted by molar-refractivity contribution is 7.99. The summed E-state index contributed by atoms with van der Waals surface area (Å²) in [6.45, 7) is 2.03. The first kappa shape index (κ1) is 32.0. The molecule has 0 bridgehead atoms. The number of amides is 2. The number of benzene rings is 3. The number of thiophene rings is 1. The summed E-state index contributed by atoms with van der Waals surface area (Å²) in [6, 6.07) is 22.6. The number of thioether (sulfide) groups is 1. The minimum atomic E-state index is -0.399. The minimum absolute atomic E-state index is 0.00727. The quantitative estimate of drug-likeness (QED) is 0.167. The van der Waals surface area contributed by atoms with Crippen LogP contribution >= 0.6 is 23.1 Å². The summed E-state index contributed by atoms with van der Waals surface area (Å²) in [7, 11) is 3.01. The van der Waals surface area contributed by atoms with Crippen molar-refractivity contribution in [3.8, 4) is 17.2 Å². The lowest BCUT2D eigenvalue weighted by molar-refractivity contribution is -0.130. The van der Waals surface area contributed by atoms with Crippen molar-refractivity contribution in [3.05, 3.63) is 117 Å². The van der Waals surface area contributed by atoms with E-state index in [9.17, 15) is 14.0 Å². The van der Waals surface area contributed by atoms with Gasteiger partial charge in [0, 0.05) is 23.7 Å². The molecular weight excluding hydrogens is 640 g/mol. The molecule has 1 N–H and O–H groups in total. The summed E-state index contributed by atoms with van der Waals surface area (Å²) in [5.41, 5.74) is 3.92. The standard InChI is InChI=1S/C34H31FN6O4S2/c1-21-6-8-22(9-7-21)29-18-28(30-5-4-14-46-30)39-41(29)32(42)20-47-34-38-37-31(40(34)25-12-10-24(35)11-13-25)19-36-33(43)23-15-26(44-2)17-27(16-23)45-3/h4-17,29H,18-20H2,1-3H3,(H,36,43)/t29-/m0/s1. The third-order valence-electron chi connectivity index (χ3n) is 7.56. The summed E-state index contributed by atoms with van der Waals surface area (Å²) in [4.78, 5) is 27.9. The van der Waals surface area contributed by atoms with Gasteiger partial charge >= 0.3 is 0 Å². The SMILES string of the molecule is COc1cc(OC)cc(C(=O)NCc2nnc(SCC(=O)N3N=C(c4cccs4)C[C@H]3c3ccc(C)cc3)n2-c2ccc(F)cc2)c1. The van der Waals surface area contributed by atoms with Gasteiger partial charge in [-0.2, -0.15) is 5.10 Å². The number of carbonyl (C=O) groups excluding carboxylic acids is 2. The van der Waals surface area contributed by atoms with Crippen molar-refractivity contribution in [2.24, 2.45) is 5.10 Å². The van der Waals surface area contributed by atoms with Crippen LogP contribution < -0.4 is 14.8 Å². The number of aromatic nitrogens is 3. The fourth-order valence-corrected chi connectivity index (χ4v) is 6.67. The summed E-state index contributed by atoms with van der Waals surface area (Å²) in [6.07, 6.45) is 0.606. The van der Waals surface area contributed by atoms with Crippen LogP contribution in [0.1, 0.15) is 44.6 Å². The van der Waals surface area contributed by atoms with Crippen LogP contribution in [0.5, 0.6) is 11.5 Å². The van der Waals surface area contributed by atoms with E-state index in [4.69, 9.17) is 14.6 Å². The Labute approximate surface area is 279 Å². The number of hydrogen-bond acceptors (Lipinski definition) is 9. The van der Waals surface area contributed by atoms with E-state index in [1.165, 1.54) is 38.1 Å². The third kappa shape index (κ3) is 7.21. The molecule has 3 heterocycles. The molecule has 6 rings (SSSR count). The molecule has 0 fully saturated rings. The van der Waals surface area contributed by atoms with Gasteiger partial charge in [-0.1, -0.05) is 47.7 Å². The van der Waals surface area contributed by atoms with Crippen LogP contribution in [0.4, 0.5) is 4.39 Å². The van der Waals surface area contributed by atoms with Gasteiger partial charge < -0.3 is 14.8 Å². The second-order valence-corrected chi connectivity index (χ2v) is 12.6. The van der Waals surface area contributed by atoms with Crippen molar-refractivity contribution in [1.82, 2.24) is 25.1 Å². The molecule has 47 heavy (non-hydrogen) atoms. The molecule has 2 aromatic heterocycles. The fraction of sp³-hybridized carbons (Fsp3) is 0.206. The molecule has 0 spiro atoms. The Morgan fingerprint density at radius 1 is 1.00 bits per heavy atom. The number of nitrogens with zero attached hydrogens (tertiary/aromatic N) is 5. The van der Waals surface area contributed by atoms with Gasteiger partial charge in [0.15, 0.2) is 11.0 Å². The molecule has 0 saturated heterocycles. The van der Waals surface area contributed by atoms with Crippen molar-refractivity contribution in [3.63, 3.8) is 0 Å². The molecule has 0 unspecified atom stereocenters. The zero-order chi connectivity index (χ0) is 32.9. The van der Waals surface area contributed by atoms with Crippen LogP contribution in [-0.2, 0) is 11.3 Å². The summed E-state index contributed by atoms with van der Waals surface area (Å²) in [5.74, 6) is 0.399. The number of aryl methyl sites for hydroxylation is 1. The minimum Gasteiger partial charge on any atom is -0.497 e. The van der Waals surface area contributed by atoms with Crippen molar-refractivity contribution in [1.29, 1.82) is 0 Å². The Hall–Kier alpha value is -5.01. The maximum absolute atomic E-state index is 13.9. The lowest BCUT2D eigenvalue weighted by Crippen LogP contribution is -2.28. The van der Waals surface area contributed by atoms with Gasteiger partial charge in [-0.05, 0) is 60.3 Å². The van der Waals surface area contributed by atoms with Crippen LogP contribution in [0.3, 0.4) is 0 Å². The summed E-state index contributed by atoms with van der Waals surface area (Å²) >= 11 is 2.78. The first-order chi connectivity index (χ1) is 22.8. The lowest BCUT2D eigenvalue weighted by Gasteiger charge is -2.22. The number of rotatable bonds is 11. The normalized spacial score (nSPS) is 14.2. The molecule has 2 amide bonds. The second-order valence-electron chi connectivity index (χ2n) is 10.7. The van der Waals surface area contributed by atoms with Crippen molar-refractivity contribution >= 4 is 40.6 Å². The average Bonchev–Trinajstić information content (AvgIpc) is 3.87. The van der Waals surface area contributed by atoms with E-state index in [2.05, 4.69) is 15.5 Å². The van der Waals surface area contributed by atoms with E-state index in [1.807, 2.05) is 48.7 Å². The van der Waals surface area contributed by atoms with E-state index in [-0.39, 0.29) is 30.2 Å². The average molecular weight is 671 g/mol. The highest BCUT2D eigenvalue weighted by Crippen LogP contribution is 2.35. The van der Waals surface area contributed by atoms with Crippen LogP contribution in [0.2, 0.25) is 0 Å². The van der Waals surface area contributed by atoms with Gasteiger partial charge in [-0.25, -0.2) is 9.40 Å². The van der Waals surface area contributed by atoms with Crippen molar-refractivity contribution < 1.29 is 23.5 Å². The highest BCUT2D eigenvalue weighted by atomic mass is 32.2. The van der Waals surface area contributed by atoms with Gasteiger partial charge in [-0.3, -0.25) is 14.2 Å². The summed E-state index contributed by atoms with van der Waals surface area (Å²) < 4.78 is 26.1. The van der Waals surface area contributed by atoms with E-state index in [0.717, 1.165) is 21.7 Å². The number of methoxy groups -OCH3 is 2. The molecule has 0 saturated carbocycles. The summed E-state index contributed by atoms with van der Waals surface area (Å²) in [5, 5.41) is 20.3. The molecule has 13 heteroatoms. The van der Waals surface area contributed by atoms with Gasteiger partial charge in [0.05, 0.1) is 43.1 Å². The van der Waals surface area contributed by atoms with Gasteiger partial charge in [0.2, 0.25) is 0 Å². The zero-order valence-corrected chi connectivity index (χ0v) is 27.5. The maximum Gasteiger partial charge on any atom is 0.253 e. The van der Waals surface area contributed by atoms with E-state index in [1.54, 1.807) is 51.2 Å². The molecule has 3 aromatic carbocycles. The molecule has 240 valence electrons. The van der Waals surface area contributed by atoms with E-state index < -0.39 is 5.82 Å². The molecule has 5 aromatic rings. The molecule has 10 nitrogen and oxygen atoms in total. The zero-order valence-electron chi connectivity index (χ0n) is 25.8. The third-order valence-corrected chi connectivity index (χ3v) is 9.40. The monoisotopic (exact) mass is 670 g/mol. The number of halogens is 1. The largest absolute Gasteiger partial charge is 0.497 e. The molecule has 0 aliphatic carbocycles. The van der Waals surface area contributed by atoms with E-state index in [0.29, 0.717) is 40.2 Å². The van der Waals surface area contributed by atoms with Gasteiger partial charge in [-0.15, -0.1) is 21.5 Å². The van der Waals surface area contributed by atoms with E-state index >= 15 is 0 Å². The molecule has 1 aliphatic rings. The Balaban J connectivity index is 1.23. The maximum atomic E-state index is 13.9. The van der Waals surface area contributed by atoms with Crippen LogP contribution in [-0.4, -0.2) is 57.3 Å². The second kappa shape index (κ2) is 14.2. The highest BCUT2D eigenvalue weighted by Gasteiger charge is 2.33. The Kier molecular flexibility index (Phi) is 9.64. The Morgan fingerprint density at radius 2 is 1.72 bits per heavy atom. The van der Waals surface area contributed by atoms with Gasteiger partial charge in [0.25, 0.3) is 11.8 Å². The number of nitrogens with one attached hydrogen (secondary N) is 1. The number of hydrazone groups is 1. The predicted molar refractivity (Wildman–Crippen MR) is 179 cm³/mol. The molecule has 0 radical (unpaired) electrons. The van der Waals surface area contributed by atoms with Crippen molar-refractivity contribution in [2.75, 3.05) is 20.0 Å². The Bertz CT molecular complexity index is 1890. The number of carbonyl (C=O) groups is 2. The number of ether oxygens (including phenoxy) is 2. The molecule has 1 aliphatic heterocycles.